The van der Waals surface area contributed by atoms with Crippen molar-refractivity contribution in [2.24, 2.45) is 0 Å². The standard InChI is InChI=1S/C24H31FIN3O2/c1-4-24(25,5-2)21-7-6-8-22(28-21)29-14-13-20(16-29)31-19-11-9-18(10-12-19)17(3)27-23(30)15-26/h6-12,17,20H,4-5,13-16H2,1-3H3,(H,27,30)/t17-,20+/m0/s1. The monoisotopic (exact) mass is 539 g/mol. The molecule has 0 radical (unpaired) electrons. The van der Waals surface area contributed by atoms with Gasteiger partial charge in [0.1, 0.15) is 17.7 Å². The number of hydrogen-bond donors (Lipinski definition) is 1. The fourth-order valence-corrected chi connectivity index (χ4v) is 4.10. The van der Waals surface area contributed by atoms with E-state index in [4.69, 9.17) is 4.74 Å². The molecule has 1 aliphatic heterocycles. The van der Waals surface area contributed by atoms with Gasteiger partial charge in [0.05, 0.1) is 22.7 Å². The van der Waals surface area contributed by atoms with E-state index < -0.39 is 5.67 Å². The van der Waals surface area contributed by atoms with E-state index in [0.29, 0.717) is 23.0 Å². The van der Waals surface area contributed by atoms with E-state index in [-0.39, 0.29) is 18.1 Å². The lowest BCUT2D eigenvalue weighted by Crippen LogP contribution is -2.27. The van der Waals surface area contributed by atoms with Crippen molar-refractivity contribution in [2.45, 2.75) is 57.8 Å². The van der Waals surface area contributed by atoms with E-state index in [1.807, 2.05) is 57.2 Å². The number of anilines is 1. The van der Waals surface area contributed by atoms with E-state index >= 15 is 4.39 Å². The summed E-state index contributed by atoms with van der Waals surface area (Å²) >= 11 is 2.05. The van der Waals surface area contributed by atoms with Crippen molar-refractivity contribution in [3.8, 4) is 5.75 Å². The van der Waals surface area contributed by atoms with Gasteiger partial charge >= 0.3 is 0 Å². The van der Waals surface area contributed by atoms with Gasteiger partial charge in [-0.15, -0.1) is 0 Å². The van der Waals surface area contributed by atoms with Gasteiger partial charge in [-0.25, -0.2) is 9.37 Å². The summed E-state index contributed by atoms with van der Waals surface area (Å²) in [4.78, 5) is 18.4. The van der Waals surface area contributed by atoms with Crippen molar-refractivity contribution >= 4 is 34.3 Å². The van der Waals surface area contributed by atoms with E-state index in [1.54, 1.807) is 6.07 Å². The number of nitrogens with one attached hydrogen (secondary N) is 1. The zero-order valence-corrected chi connectivity index (χ0v) is 20.6. The average Bonchev–Trinajstić information content (AvgIpc) is 3.27. The first-order chi connectivity index (χ1) is 14.9. The molecule has 3 rings (SSSR count). The highest BCUT2D eigenvalue weighted by atomic mass is 127. The van der Waals surface area contributed by atoms with Crippen LogP contribution in [0.4, 0.5) is 10.2 Å². The molecule has 1 aliphatic rings. The van der Waals surface area contributed by atoms with Crippen molar-refractivity contribution in [2.75, 3.05) is 22.4 Å². The van der Waals surface area contributed by atoms with Crippen LogP contribution in [0.2, 0.25) is 0 Å². The molecular weight excluding hydrogens is 508 g/mol. The highest BCUT2D eigenvalue weighted by Gasteiger charge is 2.31. The van der Waals surface area contributed by atoms with Gasteiger partial charge < -0.3 is 15.0 Å². The SMILES string of the molecule is CCC(F)(CC)c1cccc(N2CC[C@@H](Oc3ccc([C@H](C)NC(=O)CI)cc3)C2)n1. The van der Waals surface area contributed by atoms with Crippen LogP contribution < -0.4 is 15.0 Å². The Morgan fingerprint density at radius 1 is 1.29 bits per heavy atom. The molecule has 1 saturated heterocycles. The number of halogens is 2. The van der Waals surface area contributed by atoms with Gasteiger partial charge in [0.25, 0.3) is 0 Å². The van der Waals surface area contributed by atoms with Crippen LogP contribution >= 0.6 is 22.6 Å². The Bertz CT molecular complexity index is 873. The molecule has 1 N–H and O–H groups in total. The first kappa shape index (κ1) is 23.8. The quantitative estimate of drug-likeness (QED) is 0.346. The molecule has 31 heavy (non-hydrogen) atoms. The van der Waals surface area contributed by atoms with Crippen molar-refractivity contribution in [3.05, 3.63) is 53.7 Å². The molecule has 7 heteroatoms. The number of aromatic nitrogens is 1. The van der Waals surface area contributed by atoms with Crippen molar-refractivity contribution in [3.63, 3.8) is 0 Å². The summed E-state index contributed by atoms with van der Waals surface area (Å²) in [5.74, 6) is 1.65. The summed E-state index contributed by atoms with van der Waals surface area (Å²) < 4.78 is 21.7. The van der Waals surface area contributed by atoms with Crippen molar-refractivity contribution in [1.29, 1.82) is 0 Å². The Morgan fingerprint density at radius 3 is 2.65 bits per heavy atom. The Hall–Kier alpha value is -1.90. The zero-order chi connectivity index (χ0) is 22.4. The summed E-state index contributed by atoms with van der Waals surface area (Å²) in [7, 11) is 0. The predicted molar refractivity (Wildman–Crippen MR) is 131 cm³/mol. The molecule has 1 aromatic carbocycles. The number of amides is 1. The molecule has 0 bridgehead atoms. The summed E-state index contributed by atoms with van der Waals surface area (Å²) in [6.45, 7) is 7.25. The minimum atomic E-state index is -1.37. The van der Waals surface area contributed by atoms with Crippen LogP contribution in [0.25, 0.3) is 0 Å². The highest BCUT2D eigenvalue weighted by molar-refractivity contribution is 14.1. The molecule has 1 fully saturated rings. The Balaban J connectivity index is 1.60. The lowest BCUT2D eigenvalue weighted by atomic mass is 9.95. The number of nitrogens with zero attached hydrogens (tertiary/aromatic N) is 2. The fraction of sp³-hybridized carbons (Fsp3) is 0.500. The number of carbonyl (C=O) groups excluding carboxylic acids is 1. The molecule has 2 atom stereocenters. The predicted octanol–water partition coefficient (Wildman–Crippen LogP) is 5.34. The molecule has 2 aromatic rings. The largest absolute Gasteiger partial charge is 0.489 e. The number of rotatable bonds is 9. The van der Waals surface area contributed by atoms with Gasteiger partial charge in [-0.05, 0) is 49.6 Å². The molecular formula is C24H31FIN3O2. The molecule has 0 unspecified atom stereocenters. The number of pyridine rings is 1. The maximum Gasteiger partial charge on any atom is 0.230 e. The van der Waals surface area contributed by atoms with E-state index in [9.17, 15) is 4.79 Å². The highest BCUT2D eigenvalue weighted by Crippen LogP contribution is 2.33. The maximum absolute atomic E-state index is 15.1. The lowest BCUT2D eigenvalue weighted by molar-refractivity contribution is -0.118. The second-order valence-electron chi connectivity index (χ2n) is 8.02. The van der Waals surface area contributed by atoms with Crippen molar-refractivity contribution < 1.29 is 13.9 Å². The average molecular weight is 539 g/mol. The summed E-state index contributed by atoms with van der Waals surface area (Å²) in [6, 6.07) is 13.5. The van der Waals surface area contributed by atoms with E-state index in [1.165, 1.54) is 0 Å². The van der Waals surface area contributed by atoms with Gasteiger partial charge in [0, 0.05) is 13.0 Å². The van der Waals surface area contributed by atoms with Gasteiger partial charge in [0.15, 0.2) is 5.67 Å². The summed E-state index contributed by atoms with van der Waals surface area (Å²) in [5, 5.41) is 2.96. The lowest BCUT2D eigenvalue weighted by Gasteiger charge is -2.24. The smallest absolute Gasteiger partial charge is 0.230 e. The van der Waals surface area contributed by atoms with Crippen LogP contribution in [-0.4, -0.2) is 34.5 Å². The molecule has 0 saturated carbocycles. The molecule has 2 heterocycles. The summed E-state index contributed by atoms with van der Waals surface area (Å²) in [6.07, 6.45) is 1.78. The zero-order valence-electron chi connectivity index (χ0n) is 18.4. The fourth-order valence-electron chi connectivity index (χ4n) is 3.88. The minimum Gasteiger partial charge on any atom is -0.489 e. The first-order valence-corrected chi connectivity index (χ1v) is 12.4. The van der Waals surface area contributed by atoms with Crippen molar-refractivity contribution in [1.82, 2.24) is 10.3 Å². The topological polar surface area (TPSA) is 54.5 Å². The third-order valence-electron chi connectivity index (χ3n) is 5.96. The Kier molecular flexibility index (Phi) is 8.13. The molecule has 1 aromatic heterocycles. The molecule has 168 valence electrons. The van der Waals surface area contributed by atoms with Gasteiger partial charge in [-0.3, -0.25) is 4.79 Å². The first-order valence-electron chi connectivity index (χ1n) is 10.9. The molecule has 1 amide bonds. The van der Waals surface area contributed by atoms with Crippen LogP contribution in [0.3, 0.4) is 0 Å². The third kappa shape index (κ3) is 5.87. The third-order valence-corrected chi connectivity index (χ3v) is 6.66. The number of ether oxygens (including phenoxy) is 1. The molecule has 5 nitrogen and oxygen atoms in total. The normalized spacial score (nSPS) is 17.5. The van der Waals surface area contributed by atoms with Gasteiger partial charge in [-0.2, -0.15) is 0 Å². The number of benzene rings is 1. The minimum absolute atomic E-state index is 0.0278. The van der Waals surface area contributed by atoms with E-state index in [2.05, 4.69) is 37.8 Å². The second-order valence-corrected chi connectivity index (χ2v) is 8.78. The maximum atomic E-state index is 15.1. The summed E-state index contributed by atoms with van der Waals surface area (Å²) in [5.41, 5.74) is 0.181. The van der Waals surface area contributed by atoms with Crippen LogP contribution in [0.15, 0.2) is 42.5 Å². The Morgan fingerprint density at radius 2 is 2.00 bits per heavy atom. The van der Waals surface area contributed by atoms with Crippen LogP contribution in [-0.2, 0) is 10.5 Å². The van der Waals surface area contributed by atoms with Crippen LogP contribution in [0.1, 0.15) is 57.3 Å². The number of alkyl halides is 2. The number of hydrogen-bond acceptors (Lipinski definition) is 4. The van der Waals surface area contributed by atoms with Crippen LogP contribution in [0, 0.1) is 0 Å². The second kappa shape index (κ2) is 10.6. The molecule has 0 spiro atoms. The number of carbonyl (C=O) groups is 1. The van der Waals surface area contributed by atoms with E-state index in [0.717, 1.165) is 36.6 Å². The Labute approximate surface area is 197 Å². The molecule has 0 aliphatic carbocycles. The van der Waals surface area contributed by atoms with Crippen LogP contribution in [0.5, 0.6) is 5.75 Å². The van der Waals surface area contributed by atoms with Gasteiger partial charge in [0.2, 0.25) is 5.91 Å². The van der Waals surface area contributed by atoms with Gasteiger partial charge in [-0.1, -0.05) is 54.6 Å².